The van der Waals surface area contributed by atoms with E-state index in [1.165, 1.54) is 12.1 Å². The van der Waals surface area contributed by atoms with Crippen molar-refractivity contribution in [1.29, 1.82) is 0 Å². The number of hydrogen-bond donors (Lipinski definition) is 1. The van der Waals surface area contributed by atoms with Crippen molar-refractivity contribution in [3.8, 4) is 0 Å². The maximum absolute atomic E-state index is 12.0. The van der Waals surface area contributed by atoms with Crippen LogP contribution in [0.25, 0.3) is 0 Å². The second-order valence-electron chi connectivity index (χ2n) is 3.87. The fraction of sp³-hybridized carbons (Fsp3) is 0.154. The first kappa shape index (κ1) is 12.6. The number of carbonyl (C=O) groups is 1. The predicted molar refractivity (Wildman–Crippen MR) is 67.0 cm³/mol. The summed E-state index contributed by atoms with van der Waals surface area (Å²) in [6, 6.07) is 10.3. The highest BCUT2D eigenvalue weighted by Crippen LogP contribution is 2.15. The summed E-state index contributed by atoms with van der Waals surface area (Å²) < 4.78 is 17.1. The van der Waals surface area contributed by atoms with E-state index in [9.17, 15) is 9.00 Å². The molecule has 1 atom stereocenters. The van der Waals surface area contributed by atoms with Gasteiger partial charge in [0, 0.05) is 4.90 Å². The monoisotopic (exact) mass is 264 g/mol. The van der Waals surface area contributed by atoms with Crippen LogP contribution < -0.4 is 0 Å². The molecule has 0 aliphatic rings. The minimum atomic E-state index is -1.23. The van der Waals surface area contributed by atoms with Crippen molar-refractivity contribution in [3.63, 3.8) is 0 Å². The predicted octanol–water partition coefficient (Wildman–Crippen LogP) is 2.59. The van der Waals surface area contributed by atoms with Gasteiger partial charge in [0.2, 0.25) is 5.76 Å². The first-order valence-corrected chi connectivity index (χ1v) is 6.65. The third-order valence-corrected chi connectivity index (χ3v) is 3.77. The molecule has 1 aromatic carbocycles. The molecule has 0 saturated carbocycles. The number of aromatic carboxylic acids is 1. The Morgan fingerprint density at radius 2 is 1.89 bits per heavy atom. The van der Waals surface area contributed by atoms with E-state index in [4.69, 9.17) is 9.52 Å². The minimum absolute atomic E-state index is 0.133. The van der Waals surface area contributed by atoms with Crippen LogP contribution in [-0.4, -0.2) is 15.3 Å². The second-order valence-corrected chi connectivity index (χ2v) is 5.33. The molecule has 0 amide bonds. The van der Waals surface area contributed by atoms with Crippen LogP contribution in [0, 0.1) is 6.92 Å². The average Bonchev–Trinajstić information content (AvgIpc) is 2.78. The summed E-state index contributed by atoms with van der Waals surface area (Å²) in [5.41, 5.74) is 1.10. The Bertz CT molecular complexity index is 583. The van der Waals surface area contributed by atoms with Crippen LogP contribution in [0.1, 0.15) is 21.9 Å². The first-order valence-electron chi connectivity index (χ1n) is 5.33. The molecular formula is C13H12O4S. The lowest BCUT2D eigenvalue weighted by atomic mass is 10.2. The largest absolute Gasteiger partial charge is 0.475 e. The van der Waals surface area contributed by atoms with Gasteiger partial charge in [-0.3, -0.25) is 4.21 Å². The summed E-state index contributed by atoms with van der Waals surface area (Å²) in [6.45, 7) is 1.96. The fourth-order valence-corrected chi connectivity index (χ4v) is 2.49. The van der Waals surface area contributed by atoms with E-state index in [1.807, 2.05) is 19.1 Å². The van der Waals surface area contributed by atoms with Crippen molar-refractivity contribution in [2.45, 2.75) is 17.6 Å². The number of furan rings is 1. The Morgan fingerprint density at radius 3 is 2.44 bits per heavy atom. The fourth-order valence-electron chi connectivity index (χ4n) is 1.47. The second kappa shape index (κ2) is 5.18. The van der Waals surface area contributed by atoms with Gasteiger partial charge in [-0.15, -0.1) is 0 Å². The van der Waals surface area contributed by atoms with Crippen molar-refractivity contribution in [3.05, 3.63) is 53.5 Å². The number of benzene rings is 1. The number of carboxylic acids is 1. The summed E-state index contributed by atoms with van der Waals surface area (Å²) in [5.74, 6) is -0.671. The van der Waals surface area contributed by atoms with E-state index in [0.717, 1.165) is 5.56 Å². The molecular weight excluding hydrogens is 252 g/mol. The molecule has 0 fully saturated rings. The van der Waals surface area contributed by atoms with E-state index >= 15 is 0 Å². The molecule has 0 spiro atoms. The van der Waals surface area contributed by atoms with E-state index in [2.05, 4.69) is 0 Å². The molecule has 1 aromatic heterocycles. The molecule has 2 rings (SSSR count). The lowest BCUT2D eigenvalue weighted by Crippen LogP contribution is -1.96. The summed E-state index contributed by atoms with van der Waals surface area (Å²) in [6.07, 6.45) is 0. The zero-order valence-electron chi connectivity index (χ0n) is 9.75. The maximum Gasteiger partial charge on any atom is 0.371 e. The normalized spacial score (nSPS) is 12.3. The van der Waals surface area contributed by atoms with Crippen LogP contribution in [0.4, 0.5) is 0 Å². The van der Waals surface area contributed by atoms with Crippen LogP contribution in [-0.2, 0) is 16.6 Å². The SMILES string of the molecule is Cc1ccc([S@@](=O)Cc2ccc(C(=O)O)o2)cc1. The van der Waals surface area contributed by atoms with Crippen LogP contribution in [0.5, 0.6) is 0 Å². The standard InChI is InChI=1S/C13H12O4S/c1-9-2-5-11(6-3-9)18(16)8-10-4-7-12(17-10)13(14)15/h2-7H,8H2,1H3,(H,14,15)/t18-/m0/s1. The lowest BCUT2D eigenvalue weighted by Gasteiger charge is -2.00. The van der Waals surface area contributed by atoms with Gasteiger partial charge in [0.25, 0.3) is 0 Å². The Hall–Kier alpha value is -1.88. The Kier molecular flexibility index (Phi) is 3.62. The third-order valence-electron chi connectivity index (χ3n) is 2.43. The molecule has 2 aromatic rings. The number of rotatable bonds is 4. The maximum atomic E-state index is 12.0. The Morgan fingerprint density at radius 1 is 1.22 bits per heavy atom. The van der Waals surface area contributed by atoms with Crippen molar-refractivity contribution < 1.29 is 18.5 Å². The number of carboxylic acid groups (broad SMARTS) is 1. The van der Waals surface area contributed by atoms with Crippen molar-refractivity contribution >= 4 is 16.8 Å². The zero-order chi connectivity index (χ0) is 13.1. The Balaban J connectivity index is 2.11. The van der Waals surface area contributed by atoms with E-state index in [1.54, 1.807) is 12.1 Å². The van der Waals surface area contributed by atoms with Crippen molar-refractivity contribution in [1.82, 2.24) is 0 Å². The van der Waals surface area contributed by atoms with Crippen LogP contribution in [0.2, 0.25) is 0 Å². The quantitative estimate of drug-likeness (QED) is 0.921. The van der Waals surface area contributed by atoms with Gasteiger partial charge >= 0.3 is 5.97 Å². The topological polar surface area (TPSA) is 67.5 Å². The molecule has 1 N–H and O–H groups in total. The minimum Gasteiger partial charge on any atom is -0.475 e. The van der Waals surface area contributed by atoms with Gasteiger partial charge < -0.3 is 9.52 Å². The zero-order valence-corrected chi connectivity index (χ0v) is 10.6. The van der Waals surface area contributed by atoms with Gasteiger partial charge in [0.15, 0.2) is 0 Å². The summed E-state index contributed by atoms with van der Waals surface area (Å²) >= 11 is 0. The smallest absolute Gasteiger partial charge is 0.371 e. The number of hydrogen-bond acceptors (Lipinski definition) is 3. The van der Waals surface area contributed by atoms with Crippen LogP contribution in [0.15, 0.2) is 45.7 Å². The highest BCUT2D eigenvalue weighted by atomic mass is 32.2. The molecule has 4 nitrogen and oxygen atoms in total. The van der Waals surface area contributed by atoms with Gasteiger partial charge in [0.05, 0.1) is 16.6 Å². The molecule has 94 valence electrons. The number of aryl methyl sites for hydroxylation is 1. The highest BCUT2D eigenvalue weighted by molar-refractivity contribution is 7.84. The molecule has 0 unspecified atom stereocenters. The molecule has 0 aliphatic heterocycles. The van der Waals surface area contributed by atoms with Gasteiger partial charge in [-0.1, -0.05) is 17.7 Å². The molecule has 0 saturated heterocycles. The molecule has 0 aliphatic carbocycles. The Labute approximate surface area is 107 Å². The van der Waals surface area contributed by atoms with Gasteiger partial charge in [-0.25, -0.2) is 4.79 Å². The van der Waals surface area contributed by atoms with E-state index < -0.39 is 16.8 Å². The molecule has 5 heteroatoms. The third kappa shape index (κ3) is 2.87. The van der Waals surface area contributed by atoms with Gasteiger partial charge in [-0.2, -0.15) is 0 Å². The summed E-state index contributed by atoms with van der Waals surface area (Å²) in [7, 11) is -1.23. The highest BCUT2D eigenvalue weighted by Gasteiger charge is 2.12. The van der Waals surface area contributed by atoms with Crippen molar-refractivity contribution in [2.75, 3.05) is 0 Å². The van der Waals surface area contributed by atoms with Gasteiger partial charge in [0.1, 0.15) is 5.76 Å². The lowest BCUT2D eigenvalue weighted by molar-refractivity contribution is 0.0661. The molecule has 0 radical (unpaired) electrons. The van der Waals surface area contributed by atoms with Crippen LogP contribution >= 0.6 is 0 Å². The molecule has 18 heavy (non-hydrogen) atoms. The summed E-state index contributed by atoms with van der Waals surface area (Å²) in [4.78, 5) is 11.3. The van der Waals surface area contributed by atoms with Crippen molar-refractivity contribution in [2.24, 2.45) is 0 Å². The first-order chi connectivity index (χ1) is 8.56. The van der Waals surface area contributed by atoms with E-state index in [0.29, 0.717) is 10.7 Å². The van der Waals surface area contributed by atoms with E-state index in [-0.39, 0.29) is 11.5 Å². The van der Waals surface area contributed by atoms with Crippen LogP contribution in [0.3, 0.4) is 0 Å². The molecule has 0 bridgehead atoms. The molecule has 1 heterocycles. The average molecular weight is 264 g/mol. The van der Waals surface area contributed by atoms with Gasteiger partial charge in [-0.05, 0) is 31.2 Å². The summed E-state index contributed by atoms with van der Waals surface area (Å²) in [5, 5.41) is 8.71.